The molecule has 0 aliphatic carbocycles. The monoisotopic (exact) mass is 232 g/mol. The lowest BCUT2D eigenvalue weighted by Crippen LogP contribution is -2.19. The van der Waals surface area contributed by atoms with Crippen LogP contribution in [0.2, 0.25) is 0 Å². The lowest BCUT2D eigenvalue weighted by atomic mass is 10.4. The second kappa shape index (κ2) is 8.70. The molecule has 0 amide bonds. The molecule has 0 aromatic heterocycles. The van der Waals surface area contributed by atoms with Crippen LogP contribution in [-0.4, -0.2) is 37.7 Å². The number of hydrogen-bond donors (Lipinski definition) is 0. The number of carbonyl (C=O) groups is 3. The zero-order chi connectivity index (χ0) is 12.4. The number of esters is 3. The molecule has 0 N–H and O–H groups in total. The molecule has 6 heteroatoms. The molecule has 92 valence electrons. The lowest BCUT2D eigenvalue weighted by molar-refractivity contribution is -0.167. The van der Waals surface area contributed by atoms with Gasteiger partial charge in [0.15, 0.2) is 0 Å². The highest BCUT2D eigenvalue weighted by Gasteiger charge is 2.14. The van der Waals surface area contributed by atoms with Crippen LogP contribution in [0.4, 0.5) is 0 Å². The van der Waals surface area contributed by atoms with Gasteiger partial charge in [0.05, 0.1) is 19.8 Å². The summed E-state index contributed by atoms with van der Waals surface area (Å²) in [7, 11) is 0. The van der Waals surface area contributed by atoms with E-state index in [0.29, 0.717) is 13.0 Å². The molecule has 0 radical (unpaired) electrons. The van der Waals surface area contributed by atoms with Crippen molar-refractivity contribution in [2.45, 2.75) is 26.7 Å². The molecule has 0 bridgehead atoms. The molecule has 0 aromatic carbocycles. The van der Waals surface area contributed by atoms with Crippen molar-refractivity contribution in [2.24, 2.45) is 0 Å². The van der Waals surface area contributed by atoms with Gasteiger partial charge in [-0.05, 0) is 20.3 Å². The molecule has 0 saturated carbocycles. The van der Waals surface area contributed by atoms with E-state index >= 15 is 0 Å². The quantitative estimate of drug-likeness (QED) is 0.390. The van der Waals surface area contributed by atoms with Crippen molar-refractivity contribution in [2.75, 3.05) is 19.8 Å². The van der Waals surface area contributed by atoms with Crippen LogP contribution in [0.3, 0.4) is 0 Å². The summed E-state index contributed by atoms with van der Waals surface area (Å²) in [6.45, 7) is 4.27. The SMILES string of the molecule is CCOC(=O)C(=O)OCC.O=C1CCCO1. The van der Waals surface area contributed by atoms with E-state index in [4.69, 9.17) is 0 Å². The summed E-state index contributed by atoms with van der Waals surface area (Å²) in [6, 6.07) is 0. The van der Waals surface area contributed by atoms with Crippen molar-refractivity contribution in [1.82, 2.24) is 0 Å². The molecule has 1 saturated heterocycles. The second-order valence-corrected chi connectivity index (χ2v) is 2.76. The molecule has 0 atom stereocenters. The standard InChI is InChI=1S/C6H10O4.C4H6O2/c1-3-9-5(7)6(8)10-4-2;5-4-2-1-3-6-4/h3-4H2,1-2H3;1-3H2. The summed E-state index contributed by atoms with van der Waals surface area (Å²) in [5, 5.41) is 0. The van der Waals surface area contributed by atoms with E-state index in [1.54, 1.807) is 13.8 Å². The highest BCUT2D eigenvalue weighted by molar-refractivity contribution is 6.29. The van der Waals surface area contributed by atoms with Gasteiger partial charge in [0.25, 0.3) is 0 Å². The van der Waals surface area contributed by atoms with Gasteiger partial charge in [-0.2, -0.15) is 0 Å². The summed E-state index contributed by atoms with van der Waals surface area (Å²) >= 11 is 0. The molecule has 1 heterocycles. The number of rotatable bonds is 2. The normalized spacial score (nSPS) is 13.2. The molecule has 6 nitrogen and oxygen atoms in total. The van der Waals surface area contributed by atoms with Gasteiger partial charge >= 0.3 is 17.9 Å². The molecule has 0 unspecified atom stereocenters. The van der Waals surface area contributed by atoms with Crippen molar-refractivity contribution >= 4 is 17.9 Å². The average Bonchev–Trinajstić information content (AvgIpc) is 2.71. The van der Waals surface area contributed by atoms with Crippen molar-refractivity contribution in [3.8, 4) is 0 Å². The van der Waals surface area contributed by atoms with Crippen molar-refractivity contribution in [3.05, 3.63) is 0 Å². The fourth-order valence-corrected chi connectivity index (χ4v) is 0.855. The van der Waals surface area contributed by atoms with Crippen LogP contribution in [0, 0.1) is 0 Å². The molecule has 0 spiro atoms. The molecule has 1 aliphatic heterocycles. The second-order valence-electron chi connectivity index (χ2n) is 2.76. The highest BCUT2D eigenvalue weighted by atomic mass is 16.6. The minimum absolute atomic E-state index is 0.0463. The third kappa shape index (κ3) is 6.80. The zero-order valence-corrected chi connectivity index (χ0v) is 9.49. The average molecular weight is 232 g/mol. The Morgan fingerprint density at radius 2 is 1.69 bits per heavy atom. The zero-order valence-electron chi connectivity index (χ0n) is 9.49. The number of carbonyl (C=O) groups excluding carboxylic acids is 3. The fourth-order valence-electron chi connectivity index (χ4n) is 0.855. The maximum Gasteiger partial charge on any atom is 0.417 e. The number of ether oxygens (including phenoxy) is 3. The van der Waals surface area contributed by atoms with E-state index in [-0.39, 0.29) is 19.2 Å². The Morgan fingerprint density at radius 3 is 1.88 bits per heavy atom. The van der Waals surface area contributed by atoms with Gasteiger partial charge in [-0.3, -0.25) is 4.79 Å². The Balaban J connectivity index is 0.000000315. The van der Waals surface area contributed by atoms with Crippen LogP contribution in [0.5, 0.6) is 0 Å². The topological polar surface area (TPSA) is 78.9 Å². The van der Waals surface area contributed by atoms with E-state index in [0.717, 1.165) is 6.42 Å². The van der Waals surface area contributed by atoms with Crippen molar-refractivity contribution < 1.29 is 28.6 Å². The van der Waals surface area contributed by atoms with Crippen LogP contribution < -0.4 is 0 Å². The molecule has 1 aliphatic rings. The summed E-state index contributed by atoms with van der Waals surface area (Å²) in [6.07, 6.45) is 1.54. The molecule has 1 rings (SSSR count). The number of hydrogen-bond acceptors (Lipinski definition) is 6. The van der Waals surface area contributed by atoms with E-state index in [1.807, 2.05) is 0 Å². The molecular formula is C10H16O6. The first-order valence-corrected chi connectivity index (χ1v) is 5.11. The smallest absolute Gasteiger partial charge is 0.417 e. The lowest BCUT2D eigenvalue weighted by Gasteiger charge is -1.99. The largest absolute Gasteiger partial charge is 0.466 e. The van der Waals surface area contributed by atoms with Gasteiger partial charge in [-0.25, -0.2) is 9.59 Å². The maximum absolute atomic E-state index is 10.4. The van der Waals surface area contributed by atoms with E-state index < -0.39 is 11.9 Å². The minimum atomic E-state index is -0.927. The van der Waals surface area contributed by atoms with Crippen LogP contribution in [0.15, 0.2) is 0 Å². The Labute approximate surface area is 93.8 Å². The van der Waals surface area contributed by atoms with Gasteiger partial charge in [-0.15, -0.1) is 0 Å². The summed E-state index contributed by atoms with van der Waals surface area (Å²) in [5.41, 5.74) is 0. The summed E-state index contributed by atoms with van der Waals surface area (Å²) < 4.78 is 13.2. The Morgan fingerprint density at radius 1 is 1.19 bits per heavy atom. The van der Waals surface area contributed by atoms with Crippen LogP contribution in [0.1, 0.15) is 26.7 Å². The fraction of sp³-hybridized carbons (Fsp3) is 0.700. The Kier molecular flexibility index (Phi) is 7.83. The minimum Gasteiger partial charge on any atom is -0.466 e. The Bertz CT molecular complexity index is 224. The first kappa shape index (κ1) is 14.4. The molecule has 0 aromatic rings. The predicted octanol–water partition coefficient (Wildman–Crippen LogP) is 0.436. The summed E-state index contributed by atoms with van der Waals surface area (Å²) in [4.78, 5) is 30.9. The van der Waals surface area contributed by atoms with Crippen LogP contribution >= 0.6 is 0 Å². The molecular weight excluding hydrogens is 216 g/mol. The summed E-state index contributed by atoms with van der Waals surface area (Å²) in [5.74, 6) is -1.90. The van der Waals surface area contributed by atoms with Crippen LogP contribution in [0.25, 0.3) is 0 Å². The first-order valence-electron chi connectivity index (χ1n) is 5.11. The van der Waals surface area contributed by atoms with Crippen LogP contribution in [-0.2, 0) is 28.6 Å². The molecule has 1 fully saturated rings. The van der Waals surface area contributed by atoms with E-state index in [2.05, 4.69) is 14.2 Å². The Hall–Kier alpha value is -1.59. The van der Waals surface area contributed by atoms with Crippen molar-refractivity contribution in [3.63, 3.8) is 0 Å². The van der Waals surface area contributed by atoms with Gasteiger partial charge in [-0.1, -0.05) is 0 Å². The first-order chi connectivity index (χ1) is 7.61. The van der Waals surface area contributed by atoms with Crippen molar-refractivity contribution in [1.29, 1.82) is 0 Å². The van der Waals surface area contributed by atoms with Gasteiger partial charge in [0.2, 0.25) is 0 Å². The number of cyclic esters (lactones) is 1. The van der Waals surface area contributed by atoms with Gasteiger partial charge < -0.3 is 14.2 Å². The van der Waals surface area contributed by atoms with Gasteiger partial charge in [0.1, 0.15) is 0 Å². The maximum atomic E-state index is 10.4. The predicted molar refractivity (Wildman–Crippen MR) is 53.5 cm³/mol. The third-order valence-electron chi connectivity index (χ3n) is 1.51. The van der Waals surface area contributed by atoms with Gasteiger partial charge in [0, 0.05) is 6.42 Å². The van der Waals surface area contributed by atoms with E-state index in [1.165, 1.54) is 0 Å². The van der Waals surface area contributed by atoms with E-state index in [9.17, 15) is 14.4 Å². The molecule has 16 heavy (non-hydrogen) atoms. The highest BCUT2D eigenvalue weighted by Crippen LogP contribution is 2.01. The third-order valence-corrected chi connectivity index (χ3v) is 1.51.